The minimum atomic E-state index is -0.0583. The molecule has 1 aromatic carbocycles. The molecule has 0 unspecified atom stereocenters. The van der Waals surface area contributed by atoms with Crippen LogP contribution in [0, 0.1) is 6.92 Å². The van der Waals surface area contributed by atoms with Crippen LogP contribution in [0.1, 0.15) is 55.1 Å². The van der Waals surface area contributed by atoms with Gasteiger partial charge in [-0.1, -0.05) is 31.4 Å². The molecule has 0 aliphatic heterocycles. The quantitative estimate of drug-likeness (QED) is 0.866. The Kier molecular flexibility index (Phi) is 5.69. The van der Waals surface area contributed by atoms with E-state index in [-0.39, 0.29) is 5.91 Å². The van der Waals surface area contributed by atoms with Crippen LogP contribution in [0.2, 0.25) is 0 Å². The number of aryl methyl sites for hydroxylation is 1. The summed E-state index contributed by atoms with van der Waals surface area (Å²) < 4.78 is 0. The van der Waals surface area contributed by atoms with Crippen molar-refractivity contribution in [3.8, 4) is 0 Å². The Balaban J connectivity index is 1.71. The van der Waals surface area contributed by atoms with E-state index < -0.39 is 0 Å². The molecule has 3 rings (SSSR count). The summed E-state index contributed by atoms with van der Waals surface area (Å²) in [6.07, 6.45) is 7.66. The maximum Gasteiger partial charge on any atom is 0.270 e. The summed E-state index contributed by atoms with van der Waals surface area (Å²) in [4.78, 5) is 19.0. The fourth-order valence-electron chi connectivity index (χ4n) is 3.50. The number of carbonyl (C=O) groups is 1. The highest BCUT2D eigenvalue weighted by Crippen LogP contribution is 2.25. The number of rotatable bonds is 5. The van der Waals surface area contributed by atoms with Crippen LogP contribution in [0.4, 0.5) is 11.4 Å². The van der Waals surface area contributed by atoms with E-state index in [0.29, 0.717) is 11.7 Å². The molecule has 4 heteroatoms. The maximum atomic E-state index is 12.4. The van der Waals surface area contributed by atoms with E-state index >= 15 is 0 Å². The molecule has 0 atom stereocenters. The van der Waals surface area contributed by atoms with Crippen LogP contribution < -0.4 is 10.2 Å². The molecule has 1 aliphatic rings. The minimum absolute atomic E-state index is 0.0583. The van der Waals surface area contributed by atoms with Crippen LogP contribution in [0.15, 0.2) is 42.6 Å². The summed E-state index contributed by atoms with van der Waals surface area (Å²) in [5.74, 6) is -0.0583. The van der Waals surface area contributed by atoms with Crippen molar-refractivity contribution in [2.24, 2.45) is 0 Å². The molecule has 1 saturated carbocycles. The fourth-order valence-corrected chi connectivity index (χ4v) is 3.50. The predicted octanol–water partition coefficient (Wildman–Crippen LogP) is 4.61. The van der Waals surface area contributed by atoms with E-state index in [0.717, 1.165) is 30.8 Å². The summed E-state index contributed by atoms with van der Waals surface area (Å²) in [5, 5.41) is 3.12. The SMILES string of the molecule is CCN(c1ccc(C(=O)NC2CCCCC2)nc1)c1cccc(C)c1. The zero-order valence-corrected chi connectivity index (χ0v) is 15.2. The van der Waals surface area contributed by atoms with Crippen LogP contribution >= 0.6 is 0 Å². The number of benzene rings is 1. The Morgan fingerprint density at radius 2 is 1.96 bits per heavy atom. The molecule has 0 spiro atoms. The van der Waals surface area contributed by atoms with Gasteiger partial charge in [0.2, 0.25) is 0 Å². The zero-order valence-electron chi connectivity index (χ0n) is 15.2. The first kappa shape index (κ1) is 17.5. The number of hydrogen-bond donors (Lipinski definition) is 1. The van der Waals surface area contributed by atoms with Crippen molar-refractivity contribution in [1.29, 1.82) is 0 Å². The number of pyridine rings is 1. The molecule has 1 amide bonds. The molecule has 2 aromatic rings. The number of amides is 1. The van der Waals surface area contributed by atoms with Gasteiger partial charge < -0.3 is 10.2 Å². The highest BCUT2D eigenvalue weighted by atomic mass is 16.1. The topological polar surface area (TPSA) is 45.2 Å². The minimum Gasteiger partial charge on any atom is -0.348 e. The summed E-state index contributed by atoms with van der Waals surface area (Å²) in [7, 11) is 0. The standard InChI is InChI=1S/C21H27N3O/c1-3-24(18-11-7-8-16(2)14-18)19-12-13-20(22-15-19)21(25)23-17-9-5-4-6-10-17/h7-8,11-15,17H,3-6,9-10H2,1-2H3,(H,23,25). The largest absolute Gasteiger partial charge is 0.348 e. The molecule has 0 bridgehead atoms. The molecular weight excluding hydrogens is 310 g/mol. The molecule has 25 heavy (non-hydrogen) atoms. The summed E-state index contributed by atoms with van der Waals surface area (Å²) in [5.41, 5.74) is 3.87. The molecular formula is C21H27N3O. The molecule has 0 saturated heterocycles. The zero-order chi connectivity index (χ0) is 17.6. The lowest BCUT2D eigenvalue weighted by Gasteiger charge is -2.24. The smallest absolute Gasteiger partial charge is 0.270 e. The van der Waals surface area contributed by atoms with Gasteiger partial charge in [0.05, 0.1) is 11.9 Å². The van der Waals surface area contributed by atoms with Gasteiger partial charge in [-0.25, -0.2) is 4.98 Å². The summed E-state index contributed by atoms with van der Waals surface area (Å²) in [6.45, 7) is 5.05. The third-order valence-electron chi connectivity index (χ3n) is 4.86. The molecule has 1 heterocycles. The lowest BCUT2D eigenvalue weighted by Crippen LogP contribution is -2.36. The number of carbonyl (C=O) groups excluding carboxylic acids is 1. The van der Waals surface area contributed by atoms with Crippen LogP contribution in [-0.4, -0.2) is 23.5 Å². The summed E-state index contributed by atoms with van der Waals surface area (Å²) in [6, 6.07) is 12.5. The number of hydrogen-bond acceptors (Lipinski definition) is 3. The van der Waals surface area contributed by atoms with Crippen molar-refractivity contribution in [3.63, 3.8) is 0 Å². The fraction of sp³-hybridized carbons (Fsp3) is 0.429. The molecule has 0 radical (unpaired) electrons. The van der Waals surface area contributed by atoms with Crippen molar-refractivity contribution in [2.45, 2.75) is 52.0 Å². The average molecular weight is 337 g/mol. The van der Waals surface area contributed by atoms with Gasteiger partial charge in [0.1, 0.15) is 5.69 Å². The van der Waals surface area contributed by atoms with E-state index in [1.807, 2.05) is 12.1 Å². The van der Waals surface area contributed by atoms with Crippen molar-refractivity contribution in [3.05, 3.63) is 53.9 Å². The third kappa shape index (κ3) is 4.38. The van der Waals surface area contributed by atoms with Crippen molar-refractivity contribution >= 4 is 17.3 Å². The first-order valence-corrected chi connectivity index (χ1v) is 9.28. The van der Waals surface area contributed by atoms with E-state index in [4.69, 9.17) is 0 Å². The third-order valence-corrected chi connectivity index (χ3v) is 4.86. The molecule has 1 aliphatic carbocycles. The lowest BCUT2D eigenvalue weighted by molar-refractivity contribution is 0.0922. The van der Waals surface area contributed by atoms with Gasteiger partial charge in [-0.15, -0.1) is 0 Å². The average Bonchev–Trinajstić information content (AvgIpc) is 2.64. The van der Waals surface area contributed by atoms with E-state index in [1.165, 1.54) is 24.8 Å². The number of nitrogens with one attached hydrogen (secondary N) is 1. The van der Waals surface area contributed by atoms with Crippen LogP contribution in [-0.2, 0) is 0 Å². The monoisotopic (exact) mass is 337 g/mol. The normalized spacial score (nSPS) is 15.0. The van der Waals surface area contributed by atoms with Crippen LogP contribution in [0.5, 0.6) is 0 Å². The first-order chi connectivity index (χ1) is 12.2. The Labute approximate surface area is 150 Å². The van der Waals surface area contributed by atoms with Crippen molar-refractivity contribution < 1.29 is 4.79 Å². The Morgan fingerprint density at radius 3 is 2.60 bits per heavy atom. The van der Waals surface area contributed by atoms with Gasteiger partial charge in [-0.3, -0.25) is 4.79 Å². The van der Waals surface area contributed by atoms with Gasteiger partial charge in [-0.2, -0.15) is 0 Å². The first-order valence-electron chi connectivity index (χ1n) is 9.28. The van der Waals surface area contributed by atoms with Gasteiger partial charge in [0.25, 0.3) is 5.91 Å². The predicted molar refractivity (Wildman–Crippen MR) is 102 cm³/mol. The molecule has 1 fully saturated rings. The highest BCUT2D eigenvalue weighted by Gasteiger charge is 2.17. The lowest BCUT2D eigenvalue weighted by atomic mass is 9.95. The Hall–Kier alpha value is -2.36. The second-order valence-electron chi connectivity index (χ2n) is 6.79. The Morgan fingerprint density at radius 1 is 1.16 bits per heavy atom. The van der Waals surface area contributed by atoms with Crippen LogP contribution in [0.25, 0.3) is 0 Å². The van der Waals surface area contributed by atoms with E-state index in [9.17, 15) is 4.79 Å². The van der Waals surface area contributed by atoms with Gasteiger partial charge in [0.15, 0.2) is 0 Å². The van der Waals surface area contributed by atoms with Gasteiger partial charge >= 0.3 is 0 Å². The van der Waals surface area contributed by atoms with Gasteiger partial charge in [0, 0.05) is 18.3 Å². The maximum absolute atomic E-state index is 12.4. The van der Waals surface area contributed by atoms with E-state index in [2.05, 4.69) is 53.3 Å². The second kappa shape index (κ2) is 8.15. The Bertz CT molecular complexity index is 705. The number of nitrogens with zero attached hydrogens (tertiary/aromatic N) is 2. The second-order valence-corrected chi connectivity index (χ2v) is 6.79. The van der Waals surface area contributed by atoms with Crippen molar-refractivity contribution in [1.82, 2.24) is 10.3 Å². The number of anilines is 2. The molecule has 1 aromatic heterocycles. The van der Waals surface area contributed by atoms with E-state index in [1.54, 1.807) is 6.20 Å². The highest BCUT2D eigenvalue weighted by molar-refractivity contribution is 5.92. The molecule has 4 nitrogen and oxygen atoms in total. The summed E-state index contributed by atoms with van der Waals surface area (Å²) >= 11 is 0. The van der Waals surface area contributed by atoms with Crippen LogP contribution in [0.3, 0.4) is 0 Å². The molecule has 132 valence electrons. The van der Waals surface area contributed by atoms with Gasteiger partial charge in [-0.05, 0) is 56.5 Å². The molecule has 1 N–H and O–H groups in total. The number of aromatic nitrogens is 1. The van der Waals surface area contributed by atoms with Crippen molar-refractivity contribution in [2.75, 3.05) is 11.4 Å².